The third kappa shape index (κ3) is 6.91. The van der Waals surface area contributed by atoms with Crippen LogP contribution in [0.25, 0.3) is 0 Å². The number of rotatable bonds is 10. The normalized spacial score (nSPS) is 17.9. The molecular formula is C25H35N3O5. The molecule has 0 aromatic heterocycles. The van der Waals surface area contributed by atoms with Gasteiger partial charge in [-0.05, 0) is 38.2 Å². The van der Waals surface area contributed by atoms with Crippen LogP contribution in [0.2, 0.25) is 0 Å². The second-order valence-corrected chi connectivity index (χ2v) is 8.73. The Morgan fingerprint density at radius 1 is 1.21 bits per heavy atom. The van der Waals surface area contributed by atoms with Gasteiger partial charge in [0.05, 0.1) is 12.6 Å². The molecule has 0 unspecified atom stereocenters. The summed E-state index contributed by atoms with van der Waals surface area (Å²) in [6.45, 7) is 7.80. The Balaban J connectivity index is 2.11. The number of hydrogen-bond acceptors (Lipinski definition) is 5. The summed E-state index contributed by atoms with van der Waals surface area (Å²) in [4.78, 5) is 52.0. The zero-order chi connectivity index (χ0) is 24.5. The minimum absolute atomic E-state index is 0.0454. The van der Waals surface area contributed by atoms with Gasteiger partial charge < -0.3 is 19.9 Å². The van der Waals surface area contributed by atoms with Gasteiger partial charge in [-0.2, -0.15) is 0 Å². The molecule has 180 valence electrons. The fourth-order valence-electron chi connectivity index (χ4n) is 4.03. The van der Waals surface area contributed by atoms with E-state index < -0.39 is 18.1 Å². The van der Waals surface area contributed by atoms with Crippen molar-refractivity contribution in [3.63, 3.8) is 0 Å². The third-order valence-corrected chi connectivity index (χ3v) is 5.97. The van der Waals surface area contributed by atoms with Crippen molar-refractivity contribution in [2.24, 2.45) is 5.92 Å². The van der Waals surface area contributed by atoms with Crippen LogP contribution in [-0.4, -0.2) is 66.2 Å². The van der Waals surface area contributed by atoms with E-state index in [0.29, 0.717) is 24.9 Å². The van der Waals surface area contributed by atoms with Crippen LogP contribution in [0.15, 0.2) is 42.0 Å². The summed E-state index contributed by atoms with van der Waals surface area (Å²) in [7, 11) is 1.65. The maximum Gasteiger partial charge on any atom is 0.329 e. The topological polar surface area (TPSA) is 96.0 Å². The lowest BCUT2D eigenvalue weighted by Crippen LogP contribution is -2.45. The van der Waals surface area contributed by atoms with E-state index in [1.54, 1.807) is 24.9 Å². The summed E-state index contributed by atoms with van der Waals surface area (Å²) >= 11 is 0. The molecule has 1 fully saturated rings. The Morgan fingerprint density at radius 2 is 1.88 bits per heavy atom. The maximum atomic E-state index is 13.2. The number of benzene rings is 1. The summed E-state index contributed by atoms with van der Waals surface area (Å²) in [5, 5.41) is 2.37. The maximum absolute atomic E-state index is 13.2. The Morgan fingerprint density at radius 3 is 2.48 bits per heavy atom. The number of nitrogens with one attached hydrogen (secondary N) is 1. The van der Waals surface area contributed by atoms with E-state index in [9.17, 15) is 19.2 Å². The van der Waals surface area contributed by atoms with E-state index in [2.05, 4.69) is 5.32 Å². The van der Waals surface area contributed by atoms with E-state index >= 15 is 0 Å². The SMILES string of the molecule is CC(=C[C@H](C(C)C)N(C)C(=O)CNC=O)C(=O)N1CCC[C@H]1C(=O)O[C@H](C)c1ccccc1. The number of ether oxygens (including phenoxy) is 1. The molecule has 8 heteroatoms. The second-order valence-electron chi connectivity index (χ2n) is 8.73. The van der Waals surface area contributed by atoms with Crippen molar-refractivity contribution in [1.29, 1.82) is 0 Å². The van der Waals surface area contributed by atoms with Crippen LogP contribution in [0.4, 0.5) is 0 Å². The molecule has 1 saturated heterocycles. The molecule has 3 amide bonds. The fraction of sp³-hybridized carbons (Fsp3) is 0.520. The first-order chi connectivity index (χ1) is 15.7. The highest BCUT2D eigenvalue weighted by Crippen LogP contribution is 2.25. The molecule has 0 radical (unpaired) electrons. The Kier molecular flexibility index (Phi) is 9.63. The summed E-state index contributed by atoms with van der Waals surface area (Å²) in [6, 6.07) is 8.52. The largest absolute Gasteiger partial charge is 0.456 e. The molecule has 8 nitrogen and oxygen atoms in total. The standard InChI is InChI=1S/C25H35N3O5/c1-17(2)22(27(5)23(30)15-26-16-29)14-18(3)24(31)28-13-9-12-21(28)25(32)33-19(4)20-10-7-6-8-11-20/h6-8,10-11,14,16-17,19,21-22H,9,12-13,15H2,1-5H3,(H,26,29)/t19-,21+,22-/m1/s1. The molecule has 1 aromatic carbocycles. The van der Waals surface area contributed by atoms with Gasteiger partial charge in [0.2, 0.25) is 18.2 Å². The van der Waals surface area contributed by atoms with Crippen LogP contribution in [0.3, 0.4) is 0 Å². The minimum atomic E-state index is -0.624. The van der Waals surface area contributed by atoms with Gasteiger partial charge in [0, 0.05) is 19.2 Å². The van der Waals surface area contributed by atoms with Gasteiger partial charge in [0.15, 0.2) is 0 Å². The predicted molar refractivity (Wildman–Crippen MR) is 125 cm³/mol. The van der Waals surface area contributed by atoms with Gasteiger partial charge in [0.25, 0.3) is 0 Å². The summed E-state index contributed by atoms with van der Waals surface area (Å²) < 4.78 is 5.67. The quantitative estimate of drug-likeness (QED) is 0.331. The molecule has 0 bridgehead atoms. The van der Waals surface area contributed by atoms with Crippen molar-refractivity contribution in [3.05, 3.63) is 47.5 Å². The minimum Gasteiger partial charge on any atom is -0.456 e. The second kappa shape index (κ2) is 12.2. The van der Waals surface area contributed by atoms with Crippen molar-refractivity contribution in [1.82, 2.24) is 15.1 Å². The Bertz CT molecular complexity index is 868. The van der Waals surface area contributed by atoms with Crippen molar-refractivity contribution in [2.75, 3.05) is 20.1 Å². The molecule has 1 N–H and O–H groups in total. The van der Waals surface area contributed by atoms with Gasteiger partial charge in [-0.15, -0.1) is 0 Å². The zero-order valence-corrected chi connectivity index (χ0v) is 20.1. The van der Waals surface area contributed by atoms with E-state index in [4.69, 9.17) is 4.74 Å². The molecule has 1 aliphatic heterocycles. The van der Waals surface area contributed by atoms with Crippen LogP contribution in [-0.2, 0) is 23.9 Å². The van der Waals surface area contributed by atoms with Crippen LogP contribution in [0, 0.1) is 5.92 Å². The smallest absolute Gasteiger partial charge is 0.329 e. The molecule has 33 heavy (non-hydrogen) atoms. The highest BCUT2D eigenvalue weighted by molar-refractivity contribution is 5.96. The molecule has 3 atom stereocenters. The number of carbonyl (C=O) groups excluding carboxylic acids is 4. The molecule has 1 aromatic rings. The van der Waals surface area contributed by atoms with E-state index in [1.807, 2.05) is 51.1 Å². The average Bonchev–Trinajstić information content (AvgIpc) is 3.30. The number of nitrogens with zero attached hydrogens (tertiary/aromatic N) is 2. The van der Waals surface area contributed by atoms with E-state index in [0.717, 1.165) is 12.0 Å². The summed E-state index contributed by atoms with van der Waals surface area (Å²) in [5.41, 5.74) is 1.36. The highest BCUT2D eigenvalue weighted by Gasteiger charge is 2.36. The van der Waals surface area contributed by atoms with Crippen LogP contribution in [0.1, 0.15) is 52.2 Å². The van der Waals surface area contributed by atoms with Crippen molar-refractivity contribution in [3.8, 4) is 0 Å². The number of hydrogen-bond donors (Lipinski definition) is 1. The Hall–Kier alpha value is -3.16. The number of likely N-dealkylation sites (tertiary alicyclic amines) is 1. The van der Waals surface area contributed by atoms with E-state index in [-0.39, 0.29) is 30.3 Å². The van der Waals surface area contributed by atoms with Crippen LogP contribution < -0.4 is 5.32 Å². The number of amides is 3. The van der Waals surface area contributed by atoms with Gasteiger partial charge in [-0.25, -0.2) is 4.79 Å². The molecule has 2 rings (SSSR count). The van der Waals surface area contributed by atoms with Crippen molar-refractivity contribution >= 4 is 24.2 Å². The van der Waals surface area contributed by atoms with Crippen LogP contribution in [0.5, 0.6) is 0 Å². The third-order valence-electron chi connectivity index (χ3n) is 5.97. The van der Waals surface area contributed by atoms with Crippen molar-refractivity contribution in [2.45, 2.75) is 58.7 Å². The predicted octanol–water partition coefficient (Wildman–Crippen LogP) is 2.46. The highest BCUT2D eigenvalue weighted by atomic mass is 16.5. The average molecular weight is 458 g/mol. The molecule has 1 aliphatic rings. The lowest BCUT2D eigenvalue weighted by atomic mass is 9.99. The first-order valence-electron chi connectivity index (χ1n) is 11.3. The Labute approximate surface area is 195 Å². The molecule has 0 spiro atoms. The molecule has 1 heterocycles. The molecule has 0 aliphatic carbocycles. The first-order valence-corrected chi connectivity index (χ1v) is 11.3. The summed E-state index contributed by atoms with van der Waals surface area (Å²) in [5.74, 6) is -0.851. The van der Waals surface area contributed by atoms with Crippen LogP contribution >= 0.6 is 0 Å². The monoisotopic (exact) mass is 457 g/mol. The lowest BCUT2D eigenvalue weighted by Gasteiger charge is -2.30. The first kappa shape index (κ1) is 26.1. The number of esters is 1. The number of likely N-dealkylation sites (N-methyl/N-ethyl adjacent to an activating group) is 1. The van der Waals surface area contributed by atoms with Crippen molar-refractivity contribution < 1.29 is 23.9 Å². The van der Waals surface area contributed by atoms with Gasteiger partial charge in [-0.3, -0.25) is 14.4 Å². The van der Waals surface area contributed by atoms with Gasteiger partial charge in [0.1, 0.15) is 12.1 Å². The molecule has 0 saturated carbocycles. The van der Waals surface area contributed by atoms with Gasteiger partial charge in [-0.1, -0.05) is 50.3 Å². The number of carbonyl (C=O) groups is 4. The lowest BCUT2D eigenvalue weighted by molar-refractivity contribution is -0.156. The zero-order valence-electron chi connectivity index (χ0n) is 20.1. The van der Waals surface area contributed by atoms with E-state index in [1.165, 1.54) is 4.90 Å². The summed E-state index contributed by atoms with van der Waals surface area (Å²) in [6.07, 6.45) is 3.12. The van der Waals surface area contributed by atoms with Gasteiger partial charge >= 0.3 is 5.97 Å². The molecular weight excluding hydrogens is 422 g/mol. The fourth-order valence-corrected chi connectivity index (χ4v) is 4.03.